The number of rotatable bonds is 5. The van der Waals surface area contributed by atoms with Crippen molar-refractivity contribution in [3.8, 4) is 5.75 Å². The van der Waals surface area contributed by atoms with Gasteiger partial charge in [0.15, 0.2) is 0 Å². The minimum absolute atomic E-state index is 0.405. The Morgan fingerprint density at radius 3 is 2.30 bits per heavy atom. The number of piperazine rings is 1. The average Bonchev–Trinajstić information content (AvgIpc) is 2.72. The highest BCUT2D eigenvalue weighted by molar-refractivity contribution is 5.87. The molecule has 138 valence electrons. The molecular weight excluding hydrogens is 332 g/mol. The average molecular weight is 358 g/mol. The SMILES string of the molecule is Oc1ccc2ccccc2c1CN1CCN(C/C=C/c2ccccc2)CC1. The first-order valence-electron chi connectivity index (χ1n) is 9.65. The third kappa shape index (κ3) is 4.38. The summed E-state index contributed by atoms with van der Waals surface area (Å²) in [6.07, 6.45) is 4.45. The van der Waals surface area contributed by atoms with Crippen LogP contribution in [0.3, 0.4) is 0 Å². The molecular formula is C24H26N2O. The molecule has 0 aliphatic carbocycles. The Bertz CT molecular complexity index is 912. The van der Waals surface area contributed by atoms with Gasteiger partial charge in [-0.3, -0.25) is 9.80 Å². The molecule has 3 aromatic carbocycles. The molecule has 27 heavy (non-hydrogen) atoms. The minimum Gasteiger partial charge on any atom is -0.508 e. The molecule has 1 N–H and O–H groups in total. The van der Waals surface area contributed by atoms with Crippen molar-refractivity contribution in [3.63, 3.8) is 0 Å². The van der Waals surface area contributed by atoms with Crippen LogP contribution < -0.4 is 0 Å². The Balaban J connectivity index is 1.34. The van der Waals surface area contributed by atoms with E-state index in [0.717, 1.165) is 50.2 Å². The molecule has 0 unspecified atom stereocenters. The lowest BCUT2D eigenvalue weighted by atomic mass is 10.0. The first-order chi connectivity index (χ1) is 13.3. The topological polar surface area (TPSA) is 26.7 Å². The summed E-state index contributed by atoms with van der Waals surface area (Å²) in [7, 11) is 0. The predicted molar refractivity (Wildman–Crippen MR) is 113 cm³/mol. The van der Waals surface area contributed by atoms with Gasteiger partial charge in [-0.05, 0) is 22.4 Å². The molecule has 0 bridgehead atoms. The van der Waals surface area contributed by atoms with Gasteiger partial charge in [0, 0.05) is 44.8 Å². The predicted octanol–water partition coefficient (Wildman–Crippen LogP) is 4.38. The van der Waals surface area contributed by atoms with Crippen LogP contribution in [-0.4, -0.2) is 47.6 Å². The third-order valence-electron chi connectivity index (χ3n) is 5.34. The number of phenols is 1. The van der Waals surface area contributed by atoms with Crippen molar-refractivity contribution in [2.45, 2.75) is 6.54 Å². The number of phenolic OH excluding ortho intramolecular Hbond substituents is 1. The summed E-state index contributed by atoms with van der Waals surface area (Å²) in [4.78, 5) is 4.93. The molecule has 1 fully saturated rings. The highest BCUT2D eigenvalue weighted by Crippen LogP contribution is 2.28. The van der Waals surface area contributed by atoms with E-state index in [2.05, 4.69) is 58.4 Å². The molecule has 0 radical (unpaired) electrons. The summed E-state index contributed by atoms with van der Waals surface area (Å²) in [5, 5.41) is 12.7. The number of fused-ring (bicyclic) bond motifs is 1. The summed E-state index contributed by atoms with van der Waals surface area (Å²) < 4.78 is 0. The van der Waals surface area contributed by atoms with Gasteiger partial charge in [-0.15, -0.1) is 0 Å². The fraction of sp³-hybridized carbons (Fsp3) is 0.250. The maximum absolute atomic E-state index is 10.4. The van der Waals surface area contributed by atoms with Crippen LogP contribution in [0.5, 0.6) is 5.75 Å². The molecule has 0 aromatic heterocycles. The van der Waals surface area contributed by atoms with E-state index in [1.807, 2.05) is 30.3 Å². The third-order valence-corrected chi connectivity index (χ3v) is 5.34. The molecule has 3 heteroatoms. The number of hydrogen-bond donors (Lipinski definition) is 1. The lowest BCUT2D eigenvalue weighted by molar-refractivity contribution is 0.136. The monoisotopic (exact) mass is 358 g/mol. The van der Waals surface area contributed by atoms with Crippen LogP contribution >= 0.6 is 0 Å². The molecule has 4 rings (SSSR count). The second kappa shape index (κ2) is 8.38. The Morgan fingerprint density at radius 2 is 1.48 bits per heavy atom. The van der Waals surface area contributed by atoms with Crippen LogP contribution in [0.1, 0.15) is 11.1 Å². The quantitative estimate of drug-likeness (QED) is 0.733. The van der Waals surface area contributed by atoms with Crippen molar-refractivity contribution in [3.05, 3.63) is 83.9 Å². The molecule has 3 nitrogen and oxygen atoms in total. The zero-order chi connectivity index (χ0) is 18.5. The van der Waals surface area contributed by atoms with Gasteiger partial charge in [0.25, 0.3) is 0 Å². The van der Waals surface area contributed by atoms with Crippen molar-refractivity contribution in [1.82, 2.24) is 9.80 Å². The molecule has 1 aliphatic rings. The smallest absolute Gasteiger partial charge is 0.120 e. The van der Waals surface area contributed by atoms with Gasteiger partial charge in [-0.25, -0.2) is 0 Å². The van der Waals surface area contributed by atoms with E-state index in [0.29, 0.717) is 5.75 Å². The van der Waals surface area contributed by atoms with Crippen LogP contribution in [-0.2, 0) is 6.54 Å². The van der Waals surface area contributed by atoms with Gasteiger partial charge in [0.2, 0.25) is 0 Å². The molecule has 1 saturated heterocycles. The first kappa shape index (κ1) is 17.8. The summed E-state index contributed by atoms with van der Waals surface area (Å²) >= 11 is 0. The number of hydrogen-bond acceptors (Lipinski definition) is 3. The standard InChI is InChI=1S/C24H26N2O/c27-24-13-12-21-10-4-5-11-22(21)23(24)19-26-17-15-25(16-18-26)14-6-9-20-7-2-1-3-8-20/h1-13,27H,14-19H2/b9-6+. The van der Waals surface area contributed by atoms with Gasteiger partial charge in [-0.2, -0.15) is 0 Å². The Hall–Kier alpha value is -2.62. The molecule has 0 atom stereocenters. The maximum atomic E-state index is 10.4. The lowest BCUT2D eigenvalue weighted by Crippen LogP contribution is -2.45. The Morgan fingerprint density at radius 1 is 0.778 bits per heavy atom. The van der Waals surface area contributed by atoms with Crippen LogP contribution in [0, 0.1) is 0 Å². The number of nitrogens with zero attached hydrogens (tertiary/aromatic N) is 2. The van der Waals surface area contributed by atoms with Gasteiger partial charge >= 0.3 is 0 Å². The van der Waals surface area contributed by atoms with E-state index >= 15 is 0 Å². The van der Waals surface area contributed by atoms with E-state index in [1.165, 1.54) is 10.9 Å². The molecule has 1 heterocycles. The zero-order valence-corrected chi connectivity index (χ0v) is 15.6. The van der Waals surface area contributed by atoms with Gasteiger partial charge < -0.3 is 5.11 Å². The van der Waals surface area contributed by atoms with Gasteiger partial charge in [-0.1, -0.05) is 72.8 Å². The summed E-state index contributed by atoms with van der Waals surface area (Å²) in [6, 6.07) is 22.6. The fourth-order valence-electron chi connectivity index (χ4n) is 3.75. The van der Waals surface area contributed by atoms with Crippen LogP contribution in [0.4, 0.5) is 0 Å². The number of aromatic hydroxyl groups is 1. The second-order valence-corrected chi connectivity index (χ2v) is 7.17. The summed E-state index contributed by atoms with van der Waals surface area (Å²) in [6.45, 7) is 5.97. The zero-order valence-electron chi connectivity index (χ0n) is 15.6. The van der Waals surface area contributed by atoms with Gasteiger partial charge in [0.1, 0.15) is 5.75 Å². The van der Waals surface area contributed by atoms with Crippen molar-refractivity contribution >= 4 is 16.8 Å². The van der Waals surface area contributed by atoms with Crippen molar-refractivity contribution in [1.29, 1.82) is 0 Å². The fourth-order valence-corrected chi connectivity index (χ4v) is 3.75. The molecule has 1 aliphatic heterocycles. The normalized spacial score (nSPS) is 16.3. The molecule has 3 aromatic rings. The van der Waals surface area contributed by atoms with E-state index in [9.17, 15) is 5.11 Å². The second-order valence-electron chi connectivity index (χ2n) is 7.17. The summed E-state index contributed by atoms with van der Waals surface area (Å²) in [5.74, 6) is 0.405. The summed E-state index contributed by atoms with van der Waals surface area (Å²) in [5.41, 5.74) is 2.30. The largest absolute Gasteiger partial charge is 0.508 e. The van der Waals surface area contributed by atoms with E-state index in [4.69, 9.17) is 0 Å². The lowest BCUT2D eigenvalue weighted by Gasteiger charge is -2.34. The Kier molecular flexibility index (Phi) is 5.52. The highest BCUT2D eigenvalue weighted by atomic mass is 16.3. The van der Waals surface area contributed by atoms with Crippen LogP contribution in [0.2, 0.25) is 0 Å². The van der Waals surface area contributed by atoms with E-state index in [-0.39, 0.29) is 0 Å². The maximum Gasteiger partial charge on any atom is 0.120 e. The van der Waals surface area contributed by atoms with Crippen molar-refractivity contribution < 1.29 is 5.11 Å². The van der Waals surface area contributed by atoms with Crippen LogP contribution in [0.15, 0.2) is 72.8 Å². The Labute approximate surface area is 161 Å². The molecule has 0 saturated carbocycles. The van der Waals surface area contributed by atoms with Gasteiger partial charge in [0.05, 0.1) is 0 Å². The number of benzene rings is 3. The molecule has 0 amide bonds. The first-order valence-corrected chi connectivity index (χ1v) is 9.65. The molecule has 0 spiro atoms. The van der Waals surface area contributed by atoms with Crippen molar-refractivity contribution in [2.75, 3.05) is 32.7 Å². The van der Waals surface area contributed by atoms with E-state index in [1.54, 1.807) is 0 Å². The van der Waals surface area contributed by atoms with Crippen molar-refractivity contribution in [2.24, 2.45) is 0 Å². The highest BCUT2D eigenvalue weighted by Gasteiger charge is 2.18. The van der Waals surface area contributed by atoms with Crippen LogP contribution in [0.25, 0.3) is 16.8 Å². The minimum atomic E-state index is 0.405. The van der Waals surface area contributed by atoms with E-state index < -0.39 is 0 Å².